The molecule has 0 aliphatic heterocycles. The molecule has 2 atom stereocenters. The van der Waals surface area contributed by atoms with Gasteiger partial charge in [-0.1, -0.05) is 38.7 Å². The van der Waals surface area contributed by atoms with Crippen molar-refractivity contribution in [3.63, 3.8) is 0 Å². The molecule has 0 heterocycles. The Morgan fingerprint density at radius 1 is 1.19 bits per heavy atom. The normalized spacial score (nSPS) is 26.3. The minimum absolute atomic E-state index is 0.937. The van der Waals surface area contributed by atoms with E-state index in [0.29, 0.717) is 0 Å². The zero-order valence-electron chi connectivity index (χ0n) is 11.0. The van der Waals surface area contributed by atoms with Crippen molar-refractivity contribution < 1.29 is 0 Å². The molecular weight excluding hydrogens is 194 g/mol. The Labute approximate surface area is 102 Å². The molecule has 2 unspecified atom stereocenters. The summed E-state index contributed by atoms with van der Waals surface area (Å²) in [6.45, 7) is 8.40. The number of hydrogen-bond donors (Lipinski definition) is 1. The number of hydrogen-bond acceptors (Lipinski definition) is 1. The topological polar surface area (TPSA) is 12.0 Å². The highest BCUT2D eigenvalue weighted by atomic mass is 14.8. The van der Waals surface area contributed by atoms with E-state index in [1.165, 1.54) is 57.9 Å². The molecule has 1 saturated carbocycles. The lowest BCUT2D eigenvalue weighted by molar-refractivity contribution is 0.280. The molecule has 0 bridgehead atoms. The van der Waals surface area contributed by atoms with Crippen molar-refractivity contribution in [2.75, 3.05) is 13.1 Å². The molecule has 1 nitrogen and oxygen atoms in total. The molecule has 16 heavy (non-hydrogen) atoms. The van der Waals surface area contributed by atoms with Gasteiger partial charge in [0, 0.05) is 0 Å². The lowest BCUT2D eigenvalue weighted by atomic mass is 9.84. The quantitative estimate of drug-likeness (QED) is 0.388. The molecule has 1 rings (SSSR count). The Hall–Kier alpha value is -0.300. The van der Waals surface area contributed by atoms with Crippen LogP contribution in [0.15, 0.2) is 12.7 Å². The molecule has 0 radical (unpaired) electrons. The molecule has 1 aliphatic carbocycles. The zero-order chi connectivity index (χ0) is 11.6. The Balaban J connectivity index is 2.35. The van der Waals surface area contributed by atoms with Crippen LogP contribution in [0.3, 0.4) is 0 Å². The van der Waals surface area contributed by atoms with E-state index < -0.39 is 0 Å². The van der Waals surface area contributed by atoms with E-state index in [2.05, 4.69) is 24.9 Å². The number of nitrogens with one attached hydrogen (secondary N) is 1. The van der Waals surface area contributed by atoms with Crippen molar-refractivity contribution in [3.05, 3.63) is 12.7 Å². The van der Waals surface area contributed by atoms with E-state index in [0.717, 1.165) is 18.4 Å². The summed E-state index contributed by atoms with van der Waals surface area (Å²) in [5, 5.41) is 3.55. The predicted molar refractivity (Wildman–Crippen MR) is 72.7 cm³/mol. The second kappa shape index (κ2) is 8.81. The van der Waals surface area contributed by atoms with Gasteiger partial charge in [-0.2, -0.15) is 0 Å². The summed E-state index contributed by atoms with van der Waals surface area (Å²) < 4.78 is 0. The molecule has 0 aromatic carbocycles. The van der Waals surface area contributed by atoms with Crippen LogP contribution in [-0.2, 0) is 0 Å². The van der Waals surface area contributed by atoms with Crippen LogP contribution in [0.2, 0.25) is 0 Å². The molecule has 0 aromatic rings. The Bertz CT molecular complexity index is 176. The highest BCUT2D eigenvalue weighted by Crippen LogP contribution is 2.32. The third kappa shape index (κ3) is 5.16. The van der Waals surface area contributed by atoms with Crippen molar-refractivity contribution in [2.24, 2.45) is 11.8 Å². The highest BCUT2D eigenvalue weighted by molar-refractivity contribution is 4.77. The van der Waals surface area contributed by atoms with Crippen LogP contribution in [0, 0.1) is 11.8 Å². The summed E-state index contributed by atoms with van der Waals surface area (Å²) in [6.07, 6.45) is 13.3. The molecule has 0 amide bonds. The lowest BCUT2D eigenvalue weighted by Gasteiger charge is -2.25. The van der Waals surface area contributed by atoms with Gasteiger partial charge in [0.25, 0.3) is 0 Å². The lowest BCUT2D eigenvalue weighted by Crippen LogP contribution is -2.27. The molecule has 1 heteroatoms. The smallest absolute Gasteiger partial charge is 0.00180 e. The number of rotatable bonds is 7. The third-order valence-corrected chi connectivity index (χ3v) is 3.96. The van der Waals surface area contributed by atoms with E-state index in [4.69, 9.17) is 0 Å². The zero-order valence-corrected chi connectivity index (χ0v) is 11.0. The SMILES string of the molecule is C=CCCCC1CCCCCC1CNCC. The van der Waals surface area contributed by atoms with Crippen LogP contribution >= 0.6 is 0 Å². The van der Waals surface area contributed by atoms with Gasteiger partial charge in [0.15, 0.2) is 0 Å². The van der Waals surface area contributed by atoms with Crippen molar-refractivity contribution in [1.82, 2.24) is 5.32 Å². The molecule has 1 aliphatic rings. The predicted octanol–water partition coefficient (Wildman–Crippen LogP) is 4.15. The minimum atomic E-state index is 0.937. The molecule has 1 fully saturated rings. The molecule has 1 N–H and O–H groups in total. The molecule has 0 spiro atoms. The minimum Gasteiger partial charge on any atom is -0.317 e. The second-order valence-corrected chi connectivity index (χ2v) is 5.19. The van der Waals surface area contributed by atoms with Crippen molar-refractivity contribution in [3.8, 4) is 0 Å². The number of unbranched alkanes of at least 4 members (excludes halogenated alkanes) is 1. The maximum atomic E-state index is 3.82. The van der Waals surface area contributed by atoms with Crippen LogP contribution in [0.1, 0.15) is 58.3 Å². The van der Waals surface area contributed by atoms with Gasteiger partial charge < -0.3 is 5.32 Å². The second-order valence-electron chi connectivity index (χ2n) is 5.19. The third-order valence-electron chi connectivity index (χ3n) is 3.96. The Morgan fingerprint density at radius 2 is 1.94 bits per heavy atom. The fourth-order valence-electron chi connectivity index (χ4n) is 2.96. The summed E-state index contributed by atoms with van der Waals surface area (Å²) in [4.78, 5) is 0. The van der Waals surface area contributed by atoms with E-state index in [1.807, 2.05) is 0 Å². The number of allylic oxidation sites excluding steroid dienone is 1. The van der Waals surface area contributed by atoms with Gasteiger partial charge in [0.1, 0.15) is 0 Å². The first-order chi connectivity index (χ1) is 7.88. The van der Waals surface area contributed by atoms with Gasteiger partial charge in [-0.05, 0) is 50.6 Å². The maximum Gasteiger partial charge on any atom is -0.00180 e. The first-order valence-electron chi connectivity index (χ1n) is 7.20. The van der Waals surface area contributed by atoms with Crippen LogP contribution in [0.4, 0.5) is 0 Å². The molecular formula is C15H29N. The van der Waals surface area contributed by atoms with Crippen LogP contribution < -0.4 is 5.32 Å². The van der Waals surface area contributed by atoms with Crippen molar-refractivity contribution in [1.29, 1.82) is 0 Å². The average molecular weight is 223 g/mol. The fraction of sp³-hybridized carbons (Fsp3) is 0.867. The largest absolute Gasteiger partial charge is 0.317 e. The fourth-order valence-corrected chi connectivity index (χ4v) is 2.96. The first kappa shape index (κ1) is 13.8. The van der Waals surface area contributed by atoms with Gasteiger partial charge in [-0.25, -0.2) is 0 Å². The average Bonchev–Trinajstić information content (AvgIpc) is 2.52. The van der Waals surface area contributed by atoms with Gasteiger partial charge in [0.2, 0.25) is 0 Å². The van der Waals surface area contributed by atoms with E-state index in [1.54, 1.807) is 0 Å². The van der Waals surface area contributed by atoms with Gasteiger partial charge >= 0.3 is 0 Å². The maximum absolute atomic E-state index is 3.82. The van der Waals surface area contributed by atoms with E-state index in [9.17, 15) is 0 Å². The summed E-state index contributed by atoms with van der Waals surface area (Å²) in [5.41, 5.74) is 0. The Kier molecular flexibility index (Phi) is 7.58. The van der Waals surface area contributed by atoms with Crippen molar-refractivity contribution in [2.45, 2.75) is 58.3 Å². The van der Waals surface area contributed by atoms with E-state index >= 15 is 0 Å². The molecule has 0 aromatic heterocycles. The highest BCUT2D eigenvalue weighted by Gasteiger charge is 2.22. The first-order valence-corrected chi connectivity index (χ1v) is 7.20. The van der Waals surface area contributed by atoms with Crippen LogP contribution in [0.5, 0.6) is 0 Å². The standard InChI is InChI=1S/C15H29N/c1-3-5-7-10-14-11-8-6-9-12-15(14)13-16-4-2/h3,14-16H,1,4-13H2,2H3. The van der Waals surface area contributed by atoms with Gasteiger partial charge in [-0.15, -0.1) is 6.58 Å². The van der Waals surface area contributed by atoms with Crippen LogP contribution in [-0.4, -0.2) is 13.1 Å². The van der Waals surface area contributed by atoms with Gasteiger partial charge in [-0.3, -0.25) is 0 Å². The summed E-state index contributed by atoms with van der Waals surface area (Å²) in [7, 11) is 0. The van der Waals surface area contributed by atoms with Crippen molar-refractivity contribution >= 4 is 0 Å². The molecule has 0 saturated heterocycles. The van der Waals surface area contributed by atoms with Crippen LogP contribution in [0.25, 0.3) is 0 Å². The van der Waals surface area contributed by atoms with Gasteiger partial charge in [0.05, 0.1) is 0 Å². The molecule has 94 valence electrons. The Morgan fingerprint density at radius 3 is 2.62 bits per heavy atom. The monoisotopic (exact) mass is 223 g/mol. The summed E-state index contributed by atoms with van der Waals surface area (Å²) in [6, 6.07) is 0. The summed E-state index contributed by atoms with van der Waals surface area (Å²) >= 11 is 0. The summed E-state index contributed by atoms with van der Waals surface area (Å²) in [5.74, 6) is 1.91. The van der Waals surface area contributed by atoms with E-state index in [-0.39, 0.29) is 0 Å².